The van der Waals surface area contributed by atoms with Gasteiger partial charge in [0.05, 0.1) is 13.2 Å². The molecule has 2 N–H and O–H groups in total. The van der Waals surface area contributed by atoms with Crippen molar-refractivity contribution in [3.8, 4) is 5.75 Å². The van der Waals surface area contributed by atoms with Crippen molar-refractivity contribution < 1.29 is 29.3 Å². The molecule has 1 fully saturated rings. The van der Waals surface area contributed by atoms with Crippen LogP contribution >= 0.6 is 11.6 Å². The first kappa shape index (κ1) is 24.2. The number of nitrogens with zero attached hydrogens (tertiary/aromatic N) is 1. The Hall–Kier alpha value is -1.83. The second kappa shape index (κ2) is 12.6. The summed E-state index contributed by atoms with van der Waals surface area (Å²) in [6, 6.07) is 3.95. The summed E-state index contributed by atoms with van der Waals surface area (Å²) in [4.78, 5) is 20.7. The summed E-state index contributed by atoms with van der Waals surface area (Å²) < 4.78 is 11.4. The Morgan fingerprint density at radius 3 is 2.11 bits per heavy atom. The number of ether oxygens (including phenoxy) is 2. The number of carboxylic acids is 2. The predicted molar refractivity (Wildman–Crippen MR) is 107 cm³/mol. The maximum atomic E-state index is 9.10. The van der Waals surface area contributed by atoms with Gasteiger partial charge in [-0.25, -0.2) is 9.59 Å². The third kappa shape index (κ3) is 9.39. The summed E-state index contributed by atoms with van der Waals surface area (Å²) >= 11 is 6.15. The summed E-state index contributed by atoms with van der Waals surface area (Å²) in [6.45, 7) is 11.8. The van der Waals surface area contributed by atoms with Crippen LogP contribution in [0, 0.1) is 19.8 Å². The van der Waals surface area contributed by atoms with Crippen LogP contribution in [0.5, 0.6) is 5.75 Å². The van der Waals surface area contributed by atoms with Crippen molar-refractivity contribution in [3.63, 3.8) is 0 Å². The summed E-state index contributed by atoms with van der Waals surface area (Å²) in [5.41, 5.74) is 2.11. The van der Waals surface area contributed by atoms with E-state index in [2.05, 4.69) is 11.8 Å². The molecule has 28 heavy (non-hydrogen) atoms. The molecule has 0 aliphatic carbocycles. The van der Waals surface area contributed by atoms with Gasteiger partial charge >= 0.3 is 11.9 Å². The number of rotatable bonds is 7. The van der Waals surface area contributed by atoms with Crippen LogP contribution in [-0.2, 0) is 14.3 Å². The van der Waals surface area contributed by atoms with Gasteiger partial charge in [-0.2, -0.15) is 0 Å². The minimum absolute atomic E-state index is 0.581. The number of piperidine rings is 1. The van der Waals surface area contributed by atoms with Crippen LogP contribution in [0.25, 0.3) is 0 Å². The summed E-state index contributed by atoms with van der Waals surface area (Å²) in [7, 11) is 0. The van der Waals surface area contributed by atoms with Gasteiger partial charge in [0, 0.05) is 11.6 Å². The highest BCUT2D eigenvalue weighted by molar-refractivity contribution is 6.32. The van der Waals surface area contributed by atoms with Gasteiger partial charge in [0.2, 0.25) is 0 Å². The van der Waals surface area contributed by atoms with Crippen LogP contribution in [0.15, 0.2) is 12.1 Å². The van der Waals surface area contributed by atoms with Crippen LogP contribution in [-0.4, -0.2) is 66.5 Å². The molecule has 1 aliphatic rings. The van der Waals surface area contributed by atoms with E-state index < -0.39 is 11.9 Å². The molecule has 2 rings (SSSR count). The Labute approximate surface area is 171 Å². The fourth-order valence-corrected chi connectivity index (χ4v) is 2.90. The van der Waals surface area contributed by atoms with Gasteiger partial charge in [0.1, 0.15) is 12.4 Å². The molecule has 0 bridgehead atoms. The standard InChI is InChI=1S/C18H28ClNO2.C2H2O4/c1-14-4-6-20(7-5-14)8-9-21-10-11-22-17-12-15(2)18(19)16(3)13-17;3-1(4)2(5)6/h12-14H,4-11H2,1-3H3;(H,3,4)(H,5,6). The maximum Gasteiger partial charge on any atom is 0.414 e. The maximum absolute atomic E-state index is 9.10. The lowest BCUT2D eigenvalue weighted by Gasteiger charge is -2.29. The highest BCUT2D eigenvalue weighted by Crippen LogP contribution is 2.25. The van der Waals surface area contributed by atoms with Crippen molar-refractivity contribution in [2.24, 2.45) is 5.92 Å². The first-order chi connectivity index (χ1) is 13.2. The van der Waals surface area contributed by atoms with Gasteiger partial charge in [0.15, 0.2) is 0 Å². The van der Waals surface area contributed by atoms with Gasteiger partial charge in [-0.3, -0.25) is 0 Å². The molecule has 0 amide bonds. The van der Waals surface area contributed by atoms with E-state index >= 15 is 0 Å². The lowest BCUT2D eigenvalue weighted by atomic mass is 9.99. The number of hydrogen-bond acceptors (Lipinski definition) is 5. The average Bonchev–Trinajstić information content (AvgIpc) is 2.64. The normalized spacial score (nSPS) is 14.9. The molecule has 1 aromatic carbocycles. The van der Waals surface area contributed by atoms with E-state index in [0.717, 1.165) is 41.0 Å². The number of benzene rings is 1. The Morgan fingerprint density at radius 1 is 1.07 bits per heavy atom. The topological polar surface area (TPSA) is 96.3 Å². The van der Waals surface area contributed by atoms with E-state index in [1.54, 1.807) is 0 Å². The highest BCUT2D eigenvalue weighted by atomic mass is 35.5. The molecule has 1 aromatic rings. The van der Waals surface area contributed by atoms with E-state index in [1.807, 2.05) is 26.0 Å². The van der Waals surface area contributed by atoms with E-state index in [-0.39, 0.29) is 0 Å². The zero-order valence-corrected chi connectivity index (χ0v) is 17.5. The van der Waals surface area contributed by atoms with Crippen molar-refractivity contribution in [2.75, 3.05) is 39.5 Å². The number of aryl methyl sites for hydroxylation is 2. The fourth-order valence-electron chi connectivity index (χ4n) is 2.79. The molecule has 1 aliphatic heterocycles. The largest absolute Gasteiger partial charge is 0.491 e. The van der Waals surface area contributed by atoms with Crippen molar-refractivity contribution in [2.45, 2.75) is 33.6 Å². The lowest BCUT2D eigenvalue weighted by molar-refractivity contribution is -0.159. The molecular weight excluding hydrogens is 386 g/mol. The van der Waals surface area contributed by atoms with Crippen molar-refractivity contribution in [3.05, 3.63) is 28.3 Å². The number of carbonyl (C=O) groups is 2. The SMILES string of the molecule is Cc1cc(OCCOCCN2CCC(C)CC2)cc(C)c1Cl.O=C(O)C(=O)O. The quantitative estimate of drug-likeness (QED) is 0.521. The van der Waals surface area contributed by atoms with Crippen LogP contribution in [0.3, 0.4) is 0 Å². The minimum atomic E-state index is -1.82. The molecule has 0 aromatic heterocycles. The van der Waals surface area contributed by atoms with Crippen molar-refractivity contribution in [1.29, 1.82) is 0 Å². The Kier molecular flexibility index (Phi) is 10.9. The summed E-state index contributed by atoms with van der Waals surface area (Å²) in [5.74, 6) is -1.89. The molecule has 0 spiro atoms. The summed E-state index contributed by atoms with van der Waals surface area (Å²) in [5, 5.41) is 15.6. The van der Waals surface area contributed by atoms with E-state index in [9.17, 15) is 0 Å². The predicted octanol–water partition coefficient (Wildman–Crippen LogP) is 3.24. The number of carboxylic acid groups (broad SMARTS) is 2. The van der Waals surface area contributed by atoms with E-state index in [1.165, 1.54) is 25.9 Å². The number of likely N-dealkylation sites (tertiary alicyclic amines) is 1. The molecule has 0 saturated carbocycles. The average molecular weight is 416 g/mol. The first-order valence-electron chi connectivity index (χ1n) is 9.36. The van der Waals surface area contributed by atoms with Gasteiger partial charge in [-0.15, -0.1) is 0 Å². The third-order valence-electron chi connectivity index (χ3n) is 4.52. The number of hydrogen-bond donors (Lipinski definition) is 2. The van der Waals surface area contributed by atoms with E-state index in [4.69, 9.17) is 40.9 Å². The third-order valence-corrected chi connectivity index (χ3v) is 5.11. The molecule has 0 radical (unpaired) electrons. The lowest BCUT2D eigenvalue weighted by Crippen LogP contribution is -2.35. The zero-order valence-electron chi connectivity index (χ0n) is 16.7. The first-order valence-corrected chi connectivity index (χ1v) is 9.74. The molecule has 158 valence electrons. The molecule has 8 heteroatoms. The molecule has 7 nitrogen and oxygen atoms in total. The monoisotopic (exact) mass is 415 g/mol. The zero-order chi connectivity index (χ0) is 21.1. The van der Waals surface area contributed by atoms with Crippen LogP contribution < -0.4 is 4.74 Å². The number of halogens is 1. The molecule has 0 unspecified atom stereocenters. The van der Waals surface area contributed by atoms with Gasteiger partial charge in [-0.05, 0) is 69.0 Å². The highest BCUT2D eigenvalue weighted by Gasteiger charge is 2.14. The Bertz CT molecular complexity index is 609. The van der Waals surface area contributed by atoms with Crippen LogP contribution in [0.4, 0.5) is 0 Å². The molecular formula is C20H30ClNO6. The fraction of sp³-hybridized carbons (Fsp3) is 0.600. The van der Waals surface area contributed by atoms with Gasteiger partial charge < -0.3 is 24.6 Å². The Balaban J connectivity index is 0.000000568. The summed E-state index contributed by atoms with van der Waals surface area (Å²) in [6.07, 6.45) is 2.64. The van der Waals surface area contributed by atoms with Gasteiger partial charge in [0.25, 0.3) is 0 Å². The van der Waals surface area contributed by atoms with Crippen molar-refractivity contribution in [1.82, 2.24) is 4.90 Å². The second-order valence-corrected chi connectivity index (χ2v) is 7.34. The minimum Gasteiger partial charge on any atom is -0.491 e. The van der Waals surface area contributed by atoms with Gasteiger partial charge in [-0.1, -0.05) is 18.5 Å². The smallest absolute Gasteiger partial charge is 0.414 e. The number of aliphatic carboxylic acids is 2. The molecule has 1 saturated heterocycles. The molecule has 0 atom stereocenters. The second-order valence-electron chi connectivity index (χ2n) is 6.97. The molecule has 1 heterocycles. The van der Waals surface area contributed by atoms with Crippen LogP contribution in [0.1, 0.15) is 30.9 Å². The van der Waals surface area contributed by atoms with E-state index in [0.29, 0.717) is 13.2 Å². The van der Waals surface area contributed by atoms with Crippen molar-refractivity contribution >= 4 is 23.5 Å². The Morgan fingerprint density at radius 2 is 1.61 bits per heavy atom. The van der Waals surface area contributed by atoms with Crippen LogP contribution in [0.2, 0.25) is 5.02 Å².